The van der Waals surface area contributed by atoms with Gasteiger partial charge >= 0.3 is 0 Å². The van der Waals surface area contributed by atoms with Crippen molar-refractivity contribution in [2.24, 2.45) is 0 Å². The molecule has 3 nitrogen and oxygen atoms in total. The molecule has 0 saturated carbocycles. The third kappa shape index (κ3) is 5.06. The number of rotatable bonds is 9. The number of fused-ring (bicyclic) bond motifs is 1. The highest BCUT2D eigenvalue weighted by molar-refractivity contribution is 6.31. The van der Waals surface area contributed by atoms with Crippen LogP contribution in [0.5, 0.6) is 0 Å². The summed E-state index contributed by atoms with van der Waals surface area (Å²) in [6, 6.07) is 7.42. The zero-order chi connectivity index (χ0) is 15.8. The number of aromatic amines is 1. The zero-order valence-corrected chi connectivity index (χ0v) is 14.0. The van der Waals surface area contributed by atoms with Crippen molar-refractivity contribution in [1.29, 1.82) is 0 Å². The van der Waals surface area contributed by atoms with E-state index in [2.05, 4.69) is 17.2 Å². The van der Waals surface area contributed by atoms with Crippen molar-refractivity contribution >= 4 is 28.4 Å². The van der Waals surface area contributed by atoms with E-state index in [9.17, 15) is 4.79 Å². The molecule has 0 saturated heterocycles. The maximum absolute atomic E-state index is 12.1. The Bertz CT molecular complexity index is 606. The largest absolute Gasteiger partial charge is 0.351 e. The fourth-order valence-corrected chi connectivity index (χ4v) is 2.79. The van der Waals surface area contributed by atoms with E-state index in [1.54, 1.807) is 0 Å². The topological polar surface area (TPSA) is 44.9 Å². The number of amides is 1. The van der Waals surface area contributed by atoms with Crippen molar-refractivity contribution in [2.75, 3.05) is 6.54 Å². The van der Waals surface area contributed by atoms with Gasteiger partial charge in [0.2, 0.25) is 0 Å². The summed E-state index contributed by atoms with van der Waals surface area (Å²) in [5.41, 5.74) is 1.53. The van der Waals surface area contributed by atoms with Gasteiger partial charge in [-0.1, -0.05) is 57.0 Å². The Hall–Kier alpha value is -1.48. The van der Waals surface area contributed by atoms with Crippen molar-refractivity contribution in [2.45, 2.75) is 51.9 Å². The molecule has 0 radical (unpaired) electrons. The second-order valence-electron chi connectivity index (χ2n) is 5.79. The number of carbonyl (C=O) groups excluding carboxylic acids is 1. The third-order valence-corrected chi connectivity index (χ3v) is 4.13. The maximum atomic E-state index is 12.1. The first kappa shape index (κ1) is 16.9. The molecule has 0 atom stereocenters. The highest BCUT2D eigenvalue weighted by atomic mass is 35.5. The summed E-state index contributed by atoms with van der Waals surface area (Å²) in [6.45, 7) is 2.97. The summed E-state index contributed by atoms with van der Waals surface area (Å²) in [6.07, 6.45) is 8.76. The Kier molecular flexibility index (Phi) is 6.78. The molecule has 0 spiro atoms. The molecule has 4 heteroatoms. The zero-order valence-electron chi connectivity index (χ0n) is 13.3. The molecule has 1 heterocycles. The second-order valence-corrected chi connectivity index (χ2v) is 6.23. The minimum absolute atomic E-state index is 0.0432. The van der Waals surface area contributed by atoms with Crippen LogP contribution in [-0.4, -0.2) is 17.4 Å². The van der Waals surface area contributed by atoms with Gasteiger partial charge in [0.15, 0.2) is 0 Å². The van der Waals surface area contributed by atoms with Gasteiger partial charge in [-0.3, -0.25) is 4.79 Å². The van der Waals surface area contributed by atoms with Crippen LogP contribution in [-0.2, 0) is 0 Å². The Labute approximate surface area is 137 Å². The van der Waals surface area contributed by atoms with Crippen molar-refractivity contribution in [3.05, 3.63) is 35.0 Å². The van der Waals surface area contributed by atoms with Crippen LogP contribution in [0.3, 0.4) is 0 Å². The van der Waals surface area contributed by atoms with Crippen LogP contribution >= 0.6 is 11.6 Å². The Morgan fingerprint density at radius 2 is 1.82 bits per heavy atom. The molecule has 120 valence electrons. The number of H-pyrrole nitrogens is 1. The van der Waals surface area contributed by atoms with Crippen LogP contribution in [0.1, 0.15) is 62.4 Å². The number of aromatic nitrogens is 1. The summed E-state index contributed by atoms with van der Waals surface area (Å²) < 4.78 is 0. The molecule has 0 aliphatic carbocycles. The number of carbonyl (C=O) groups is 1. The standard InChI is InChI=1S/C18H25ClN2O/c1-2-3-4-5-6-7-8-11-20-18(22)17-13-14-12-15(19)9-10-16(14)21-17/h9-10,12-13,21H,2-8,11H2,1H3,(H,20,22). The lowest BCUT2D eigenvalue weighted by Crippen LogP contribution is -2.24. The Morgan fingerprint density at radius 1 is 1.09 bits per heavy atom. The van der Waals surface area contributed by atoms with Gasteiger partial charge in [-0.25, -0.2) is 0 Å². The summed E-state index contributed by atoms with van der Waals surface area (Å²) in [5.74, 6) is -0.0432. The van der Waals surface area contributed by atoms with Gasteiger partial charge in [-0.05, 0) is 30.7 Å². The number of unbranched alkanes of at least 4 members (excludes halogenated alkanes) is 6. The molecule has 1 aromatic heterocycles. The minimum Gasteiger partial charge on any atom is -0.351 e. The quantitative estimate of drug-likeness (QED) is 0.605. The minimum atomic E-state index is -0.0432. The SMILES string of the molecule is CCCCCCCCCNC(=O)c1cc2cc(Cl)ccc2[nH]1. The average molecular weight is 321 g/mol. The van der Waals surface area contributed by atoms with Gasteiger partial charge in [0.25, 0.3) is 5.91 Å². The van der Waals surface area contributed by atoms with Gasteiger partial charge in [0, 0.05) is 22.5 Å². The third-order valence-electron chi connectivity index (χ3n) is 3.89. The van der Waals surface area contributed by atoms with Crippen LogP contribution in [0, 0.1) is 0 Å². The fraction of sp³-hybridized carbons (Fsp3) is 0.500. The molecular formula is C18H25ClN2O. The van der Waals surface area contributed by atoms with Gasteiger partial charge < -0.3 is 10.3 Å². The fourth-order valence-electron chi connectivity index (χ4n) is 2.61. The average Bonchev–Trinajstić information content (AvgIpc) is 2.93. The molecule has 0 unspecified atom stereocenters. The van der Waals surface area contributed by atoms with E-state index in [0.29, 0.717) is 10.7 Å². The van der Waals surface area contributed by atoms with Gasteiger partial charge in [-0.2, -0.15) is 0 Å². The van der Waals surface area contributed by atoms with E-state index in [4.69, 9.17) is 11.6 Å². The predicted octanol–water partition coefficient (Wildman–Crippen LogP) is 5.30. The molecule has 0 fully saturated rings. The Morgan fingerprint density at radius 3 is 2.59 bits per heavy atom. The molecule has 0 aliphatic heterocycles. The van der Waals surface area contributed by atoms with E-state index in [1.165, 1.54) is 38.5 Å². The van der Waals surface area contributed by atoms with Gasteiger partial charge in [0.05, 0.1) is 0 Å². The molecule has 0 bridgehead atoms. The number of hydrogen-bond acceptors (Lipinski definition) is 1. The normalized spacial score (nSPS) is 11.0. The molecule has 1 aromatic carbocycles. The van der Waals surface area contributed by atoms with Crippen molar-refractivity contribution in [3.63, 3.8) is 0 Å². The van der Waals surface area contributed by atoms with E-state index in [-0.39, 0.29) is 5.91 Å². The first-order valence-corrected chi connectivity index (χ1v) is 8.65. The van der Waals surface area contributed by atoms with Crippen molar-refractivity contribution in [3.8, 4) is 0 Å². The smallest absolute Gasteiger partial charge is 0.267 e. The molecule has 22 heavy (non-hydrogen) atoms. The highest BCUT2D eigenvalue weighted by Gasteiger charge is 2.08. The van der Waals surface area contributed by atoms with Crippen LogP contribution in [0.4, 0.5) is 0 Å². The highest BCUT2D eigenvalue weighted by Crippen LogP contribution is 2.20. The summed E-state index contributed by atoms with van der Waals surface area (Å²) in [7, 11) is 0. The summed E-state index contributed by atoms with van der Waals surface area (Å²) in [4.78, 5) is 15.2. The predicted molar refractivity (Wildman–Crippen MR) is 93.6 cm³/mol. The lowest BCUT2D eigenvalue weighted by atomic mass is 10.1. The number of benzene rings is 1. The summed E-state index contributed by atoms with van der Waals surface area (Å²) >= 11 is 5.96. The molecular weight excluding hydrogens is 296 g/mol. The summed E-state index contributed by atoms with van der Waals surface area (Å²) in [5, 5.41) is 4.62. The monoisotopic (exact) mass is 320 g/mol. The number of nitrogens with one attached hydrogen (secondary N) is 2. The molecule has 2 N–H and O–H groups in total. The van der Waals surface area contributed by atoms with Crippen molar-refractivity contribution in [1.82, 2.24) is 10.3 Å². The van der Waals surface area contributed by atoms with E-state index in [1.807, 2.05) is 24.3 Å². The molecule has 0 aliphatic rings. The van der Waals surface area contributed by atoms with Crippen LogP contribution < -0.4 is 5.32 Å². The number of halogens is 1. The maximum Gasteiger partial charge on any atom is 0.267 e. The van der Waals surface area contributed by atoms with E-state index >= 15 is 0 Å². The lowest BCUT2D eigenvalue weighted by molar-refractivity contribution is 0.0949. The van der Waals surface area contributed by atoms with E-state index < -0.39 is 0 Å². The first-order valence-electron chi connectivity index (χ1n) is 8.27. The molecule has 2 rings (SSSR count). The van der Waals surface area contributed by atoms with Crippen LogP contribution in [0.2, 0.25) is 5.02 Å². The molecule has 2 aromatic rings. The first-order chi connectivity index (χ1) is 10.7. The van der Waals surface area contributed by atoms with Crippen molar-refractivity contribution < 1.29 is 4.79 Å². The second kappa shape index (κ2) is 8.84. The van der Waals surface area contributed by atoms with Gasteiger partial charge in [0.1, 0.15) is 5.69 Å². The number of hydrogen-bond donors (Lipinski definition) is 2. The van der Waals surface area contributed by atoms with Crippen LogP contribution in [0.15, 0.2) is 24.3 Å². The van der Waals surface area contributed by atoms with Crippen LogP contribution in [0.25, 0.3) is 10.9 Å². The Balaban J connectivity index is 1.70. The lowest BCUT2D eigenvalue weighted by Gasteiger charge is -2.04. The van der Waals surface area contributed by atoms with Gasteiger partial charge in [-0.15, -0.1) is 0 Å². The molecule has 1 amide bonds. The van der Waals surface area contributed by atoms with E-state index in [0.717, 1.165) is 23.9 Å².